The van der Waals surface area contributed by atoms with Gasteiger partial charge in [-0.15, -0.1) is 11.3 Å². The van der Waals surface area contributed by atoms with Gasteiger partial charge in [-0.25, -0.2) is 9.78 Å². The number of rotatable bonds is 6. The molecule has 0 radical (unpaired) electrons. The van der Waals surface area contributed by atoms with Crippen molar-refractivity contribution in [1.29, 1.82) is 0 Å². The van der Waals surface area contributed by atoms with Crippen molar-refractivity contribution in [1.82, 2.24) is 20.9 Å². The first kappa shape index (κ1) is 22.5. The number of hydrogen-bond acceptors (Lipinski definition) is 5. The van der Waals surface area contributed by atoms with Crippen LogP contribution in [0.15, 0.2) is 11.2 Å². The predicted molar refractivity (Wildman–Crippen MR) is 115 cm³/mol. The van der Waals surface area contributed by atoms with Crippen molar-refractivity contribution in [3.63, 3.8) is 0 Å². The van der Waals surface area contributed by atoms with E-state index in [1.807, 2.05) is 27.0 Å². The van der Waals surface area contributed by atoms with Crippen molar-refractivity contribution in [2.75, 3.05) is 13.1 Å². The highest BCUT2D eigenvalue weighted by atomic mass is 32.1. The fourth-order valence-electron chi connectivity index (χ4n) is 3.15. The molecule has 0 aliphatic heterocycles. The molecule has 0 spiro atoms. The molecule has 0 aromatic carbocycles. The second-order valence-electron chi connectivity index (χ2n) is 8.21. The van der Waals surface area contributed by atoms with Gasteiger partial charge in [0.05, 0.1) is 5.01 Å². The Hall–Kier alpha value is -1.83. The van der Waals surface area contributed by atoms with Crippen molar-refractivity contribution in [3.05, 3.63) is 16.1 Å². The Morgan fingerprint density at radius 1 is 1.25 bits per heavy atom. The Bertz CT molecular complexity index is 645. The van der Waals surface area contributed by atoms with Crippen LogP contribution in [-0.4, -0.2) is 47.8 Å². The number of carbonyl (C=O) groups is 1. The van der Waals surface area contributed by atoms with Crippen LogP contribution in [0.3, 0.4) is 0 Å². The molecule has 1 saturated carbocycles. The Labute approximate surface area is 172 Å². The van der Waals surface area contributed by atoms with Crippen molar-refractivity contribution in [2.24, 2.45) is 4.99 Å². The topological polar surface area (TPSA) is 87.6 Å². The highest BCUT2D eigenvalue weighted by Crippen LogP contribution is 2.19. The van der Waals surface area contributed by atoms with Crippen molar-refractivity contribution < 1.29 is 9.53 Å². The molecule has 0 bridgehead atoms. The van der Waals surface area contributed by atoms with Crippen LogP contribution in [0.4, 0.5) is 4.79 Å². The van der Waals surface area contributed by atoms with Gasteiger partial charge in [-0.05, 0) is 60.3 Å². The highest BCUT2D eigenvalue weighted by molar-refractivity contribution is 7.11. The number of guanidine groups is 1. The van der Waals surface area contributed by atoms with E-state index in [0.717, 1.165) is 56.2 Å². The first-order valence-electron chi connectivity index (χ1n) is 10.2. The van der Waals surface area contributed by atoms with Gasteiger partial charge in [0.2, 0.25) is 0 Å². The first-order chi connectivity index (χ1) is 13.2. The lowest BCUT2D eigenvalue weighted by atomic mass is 9.91. The Morgan fingerprint density at radius 2 is 1.89 bits per heavy atom. The molecule has 0 atom stereocenters. The van der Waals surface area contributed by atoms with Gasteiger partial charge in [-0.2, -0.15) is 0 Å². The van der Waals surface area contributed by atoms with Gasteiger partial charge in [-0.1, -0.05) is 0 Å². The van der Waals surface area contributed by atoms with Gasteiger partial charge in [-0.3, -0.25) is 4.99 Å². The van der Waals surface area contributed by atoms with E-state index < -0.39 is 5.60 Å². The number of alkyl carbamates (subject to hydrolysis) is 1. The molecule has 1 aliphatic carbocycles. The summed E-state index contributed by atoms with van der Waals surface area (Å²) in [5.41, 5.74) is -0.461. The summed E-state index contributed by atoms with van der Waals surface area (Å²) in [5.74, 6) is 0.860. The maximum absolute atomic E-state index is 11.9. The predicted octanol–water partition coefficient (Wildman–Crippen LogP) is 3.39. The molecule has 158 valence electrons. The lowest BCUT2D eigenvalue weighted by molar-refractivity contribution is 0.0490. The van der Waals surface area contributed by atoms with Gasteiger partial charge in [0.1, 0.15) is 5.60 Å². The largest absolute Gasteiger partial charge is 0.444 e. The van der Waals surface area contributed by atoms with Crippen LogP contribution >= 0.6 is 11.3 Å². The van der Waals surface area contributed by atoms with Crippen molar-refractivity contribution >= 4 is 23.4 Å². The molecule has 0 saturated heterocycles. The van der Waals surface area contributed by atoms with E-state index in [0.29, 0.717) is 6.04 Å². The monoisotopic (exact) mass is 409 g/mol. The molecule has 7 nitrogen and oxygen atoms in total. The number of nitrogens with zero attached hydrogens (tertiary/aromatic N) is 2. The molecular weight excluding hydrogens is 374 g/mol. The maximum atomic E-state index is 11.9. The lowest BCUT2D eigenvalue weighted by Gasteiger charge is -2.31. The van der Waals surface area contributed by atoms with E-state index >= 15 is 0 Å². The smallest absolute Gasteiger partial charge is 0.407 e. The summed E-state index contributed by atoms with van der Waals surface area (Å²) in [7, 11) is 0. The number of amides is 1. The average Bonchev–Trinajstić information content (AvgIpc) is 3.00. The molecule has 3 N–H and O–H groups in total. The highest BCUT2D eigenvalue weighted by Gasteiger charge is 2.25. The van der Waals surface area contributed by atoms with Crippen LogP contribution in [0, 0.1) is 6.92 Å². The van der Waals surface area contributed by atoms with Crippen LogP contribution in [-0.2, 0) is 11.2 Å². The SMILES string of the molecule is CCNC(=NCCc1ncc(C)s1)NC1CCC(NC(=O)OC(C)(C)C)CC1. The van der Waals surface area contributed by atoms with Crippen LogP contribution in [0.25, 0.3) is 0 Å². The summed E-state index contributed by atoms with van der Waals surface area (Å²) in [5, 5.41) is 11.0. The van der Waals surface area contributed by atoms with Gasteiger partial charge >= 0.3 is 6.09 Å². The number of hydrogen-bond donors (Lipinski definition) is 3. The summed E-state index contributed by atoms with van der Waals surface area (Å²) < 4.78 is 5.35. The summed E-state index contributed by atoms with van der Waals surface area (Å²) in [6.45, 7) is 11.3. The van der Waals surface area contributed by atoms with Crippen molar-refractivity contribution in [2.45, 2.75) is 84.4 Å². The van der Waals surface area contributed by atoms with E-state index in [9.17, 15) is 4.79 Å². The zero-order chi connectivity index (χ0) is 20.6. The van der Waals surface area contributed by atoms with E-state index in [-0.39, 0.29) is 12.1 Å². The van der Waals surface area contributed by atoms with Crippen LogP contribution in [0.5, 0.6) is 0 Å². The third-order valence-electron chi connectivity index (χ3n) is 4.40. The van der Waals surface area contributed by atoms with E-state index in [1.165, 1.54) is 4.88 Å². The quantitative estimate of drug-likeness (QED) is 0.495. The summed E-state index contributed by atoms with van der Waals surface area (Å²) in [6, 6.07) is 0.553. The number of aromatic nitrogens is 1. The number of thiazole rings is 1. The summed E-state index contributed by atoms with van der Waals surface area (Å²) in [4.78, 5) is 22.2. The van der Waals surface area contributed by atoms with Crippen LogP contribution in [0.1, 0.15) is 63.3 Å². The van der Waals surface area contributed by atoms with Crippen LogP contribution < -0.4 is 16.0 Å². The average molecular weight is 410 g/mol. The van der Waals surface area contributed by atoms with E-state index in [2.05, 4.69) is 34.8 Å². The summed E-state index contributed by atoms with van der Waals surface area (Å²) >= 11 is 1.73. The van der Waals surface area contributed by atoms with Crippen molar-refractivity contribution in [3.8, 4) is 0 Å². The molecule has 1 aromatic heterocycles. The third kappa shape index (κ3) is 8.46. The number of nitrogens with one attached hydrogen (secondary N) is 3. The maximum Gasteiger partial charge on any atom is 0.407 e. The molecule has 8 heteroatoms. The minimum atomic E-state index is -0.461. The number of ether oxygens (including phenoxy) is 1. The summed E-state index contributed by atoms with van der Waals surface area (Å²) in [6.07, 6.45) is 6.32. The standard InChI is InChI=1S/C20H35N5O2S/c1-6-21-18(22-12-11-17-23-13-14(2)28-17)24-15-7-9-16(10-8-15)25-19(26)27-20(3,4)5/h13,15-16H,6-12H2,1-5H3,(H,25,26)(H2,21,22,24). The molecule has 1 aliphatic rings. The van der Waals surface area contributed by atoms with Gasteiger partial charge < -0.3 is 20.7 Å². The Balaban J connectivity index is 1.75. The van der Waals surface area contributed by atoms with E-state index in [1.54, 1.807) is 11.3 Å². The molecule has 0 unspecified atom stereocenters. The molecule has 28 heavy (non-hydrogen) atoms. The zero-order valence-electron chi connectivity index (χ0n) is 17.8. The Kier molecular flexibility index (Phi) is 8.54. The van der Waals surface area contributed by atoms with Gasteiger partial charge in [0, 0.05) is 42.7 Å². The second-order valence-corrected chi connectivity index (χ2v) is 9.53. The Morgan fingerprint density at radius 3 is 2.43 bits per heavy atom. The number of carbonyl (C=O) groups excluding carboxylic acids is 1. The molecule has 1 amide bonds. The molecular formula is C20H35N5O2S. The number of aliphatic imine (C=N–C) groups is 1. The molecule has 1 fully saturated rings. The van der Waals surface area contributed by atoms with E-state index in [4.69, 9.17) is 9.73 Å². The minimum Gasteiger partial charge on any atom is -0.444 e. The zero-order valence-corrected chi connectivity index (χ0v) is 18.6. The normalized spacial score (nSPS) is 20.5. The molecule has 1 aromatic rings. The minimum absolute atomic E-state index is 0.181. The molecule has 2 rings (SSSR count). The molecule has 1 heterocycles. The second kappa shape index (κ2) is 10.6. The van der Waals surface area contributed by atoms with Crippen LogP contribution in [0.2, 0.25) is 0 Å². The fourth-order valence-corrected chi connectivity index (χ4v) is 3.93. The third-order valence-corrected chi connectivity index (χ3v) is 5.37. The fraction of sp³-hybridized carbons (Fsp3) is 0.750. The first-order valence-corrected chi connectivity index (χ1v) is 11.0. The van der Waals surface area contributed by atoms with Gasteiger partial charge in [0.25, 0.3) is 0 Å². The van der Waals surface area contributed by atoms with Gasteiger partial charge in [0.15, 0.2) is 5.96 Å². The lowest BCUT2D eigenvalue weighted by Crippen LogP contribution is -2.48. The number of aryl methyl sites for hydroxylation is 1.